The molecule has 0 radical (unpaired) electrons. The molecule has 1 heterocycles. The zero-order valence-corrected chi connectivity index (χ0v) is 25.5. The fourth-order valence-electron chi connectivity index (χ4n) is 3.64. The van der Waals surface area contributed by atoms with Crippen LogP contribution in [0.3, 0.4) is 0 Å². The van der Waals surface area contributed by atoms with Crippen LogP contribution in [0, 0.1) is 5.92 Å². The second-order valence-electron chi connectivity index (χ2n) is 9.75. The van der Waals surface area contributed by atoms with Gasteiger partial charge in [0.25, 0.3) is 0 Å². The van der Waals surface area contributed by atoms with Gasteiger partial charge in [-0.05, 0) is 42.4 Å². The second-order valence-corrected chi connectivity index (χ2v) is 10.7. The van der Waals surface area contributed by atoms with Gasteiger partial charge in [-0.15, -0.1) is 0 Å². The van der Waals surface area contributed by atoms with E-state index in [-0.39, 0.29) is 30.1 Å². The average molecular weight is 611 g/mol. The number of fused-ring (bicyclic) bond motifs is 1. The number of para-hydroxylation sites is 1. The van der Waals surface area contributed by atoms with Crippen molar-refractivity contribution in [2.24, 2.45) is 5.92 Å². The first-order chi connectivity index (χ1) is 19.6. The van der Waals surface area contributed by atoms with Crippen molar-refractivity contribution in [2.45, 2.75) is 72.0 Å². The zero-order chi connectivity index (χ0) is 32.4. The van der Waals surface area contributed by atoms with Crippen molar-refractivity contribution in [3.8, 4) is 0 Å². The van der Waals surface area contributed by atoms with Gasteiger partial charge in [0.05, 0.1) is 0 Å². The molecule has 0 spiro atoms. The van der Waals surface area contributed by atoms with Crippen molar-refractivity contribution in [1.29, 1.82) is 0 Å². The standard InChI is InChI=1S/C13H14N2O3.C8H15NO3.C7H13NO3S/c1-8(16)15-12(13(17)18)6-9-7-14-11-5-3-2-4-10(9)11;1-5(2)4-7(8(11)12)9-6(3)10;1-5(9)8-6(7(10)11)3-4-12-2/h2-5,7,12,14H,6H2,1H3,(H,15,16)(H,17,18);5,7H,4H2,1-3H3,(H,9,10)(H,11,12);6H,3-4H2,1-2H3,(H,8,9)(H,10,11)/t12-;7-;6-/m111/s1. The highest BCUT2D eigenvalue weighted by Crippen LogP contribution is 2.19. The van der Waals surface area contributed by atoms with E-state index in [0.29, 0.717) is 12.8 Å². The molecule has 7 N–H and O–H groups in total. The Morgan fingerprint density at radius 3 is 1.71 bits per heavy atom. The number of H-pyrrole nitrogens is 1. The van der Waals surface area contributed by atoms with Crippen LogP contribution in [-0.2, 0) is 35.2 Å². The molecule has 14 heteroatoms. The Bertz CT molecular complexity index is 1200. The van der Waals surface area contributed by atoms with Crippen LogP contribution < -0.4 is 16.0 Å². The van der Waals surface area contributed by atoms with Crippen molar-refractivity contribution in [1.82, 2.24) is 20.9 Å². The fourth-order valence-corrected chi connectivity index (χ4v) is 4.11. The summed E-state index contributed by atoms with van der Waals surface area (Å²) in [7, 11) is 0. The molecule has 234 valence electrons. The van der Waals surface area contributed by atoms with Gasteiger partial charge < -0.3 is 36.3 Å². The Balaban J connectivity index is 0.000000625. The fraction of sp³-hybridized carbons (Fsp3) is 0.500. The molecule has 0 saturated carbocycles. The molecule has 13 nitrogen and oxygen atoms in total. The maximum atomic E-state index is 11.1. The quantitative estimate of drug-likeness (QED) is 0.176. The number of amides is 3. The first-order valence-electron chi connectivity index (χ1n) is 13.1. The molecule has 2 rings (SSSR count). The predicted octanol–water partition coefficient (Wildman–Crippen LogP) is 2.25. The van der Waals surface area contributed by atoms with Crippen LogP contribution in [0.2, 0.25) is 0 Å². The number of hydrogen-bond acceptors (Lipinski definition) is 7. The number of thioether (sulfide) groups is 1. The van der Waals surface area contributed by atoms with Gasteiger partial charge in [0.15, 0.2) is 0 Å². The van der Waals surface area contributed by atoms with E-state index >= 15 is 0 Å². The minimum absolute atomic E-state index is 0.262. The Hall–Kier alpha value is -4.07. The van der Waals surface area contributed by atoms with Crippen molar-refractivity contribution >= 4 is 58.3 Å². The molecule has 0 aliphatic rings. The maximum absolute atomic E-state index is 11.1. The average Bonchev–Trinajstić information content (AvgIpc) is 3.28. The molecule has 0 aliphatic carbocycles. The minimum atomic E-state index is -1.03. The van der Waals surface area contributed by atoms with Crippen LogP contribution in [0.15, 0.2) is 30.5 Å². The highest BCUT2D eigenvalue weighted by Gasteiger charge is 2.21. The monoisotopic (exact) mass is 610 g/mol. The number of carbonyl (C=O) groups excluding carboxylic acids is 3. The van der Waals surface area contributed by atoms with Gasteiger partial charge in [-0.25, -0.2) is 14.4 Å². The smallest absolute Gasteiger partial charge is 0.326 e. The third-order valence-electron chi connectivity index (χ3n) is 5.44. The van der Waals surface area contributed by atoms with Crippen LogP contribution in [0.1, 0.15) is 53.0 Å². The number of rotatable bonds is 13. The van der Waals surface area contributed by atoms with Crippen LogP contribution in [-0.4, -0.2) is 86.1 Å². The van der Waals surface area contributed by atoms with Crippen molar-refractivity contribution in [3.63, 3.8) is 0 Å². The van der Waals surface area contributed by atoms with Crippen molar-refractivity contribution in [3.05, 3.63) is 36.0 Å². The van der Waals surface area contributed by atoms with E-state index in [9.17, 15) is 28.8 Å². The highest BCUT2D eigenvalue weighted by molar-refractivity contribution is 7.98. The number of aromatic amines is 1. The molecule has 3 atom stereocenters. The first kappa shape index (κ1) is 37.9. The van der Waals surface area contributed by atoms with Gasteiger partial charge in [-0.1, -0.05) is 32.0 Å². The summed E-state index contributed by atoms with van der Waals surface area (Å²) in [6.07, 6.45) is 4.87. The lowest BCUT2D eigenvalue weighted by Gasteiger charge is -2.14. The minimum Gasteiger partial charge on any atom is -0.480 e. The van der Waals surface area contributed by atoms with E-state index in [1.807, 2.05) is 44.4 Å². The second kappa shape index (κ2) is 19.9. The summed E-state index contributed by atoms with van der Waals surface area (Å²) in [5.74, 6) is -2.93. The van der Waals surface area contributed by atoms with Crippen LogP contribution in [0.25, 0.3) is 10.9 Å². The summed E-state index contributed by atoms with van der Waals surface area (Å²) in [4.78, 5) is 67.3. The van der Waals surface area contributed by atoms with Gasteiger partial charge in [0.1, 0.15) is 18.1 Å². The molecule has 0 fully saturated rings. The molecule has 0 aliphatic heterocycles. The van der Waals surface area contributed by atoms with Gasteiger partial charge in [0, 0.05) is 44.3 Å². The number of benzene rings is 1. The first-order valence-corrected chi connectivity index (χ1v) is 14.5. The Morgan fingerprint density at radius 1 is 0.786 bits per heavy atom. The van der Waals surface area contributed by atoms with Gasteiger partial charge in [-0.2, -0.15) is 11.8 Å². The number of aromatic nitrogens is 1. The number of carboxylic acids is 3. The summed E-state index contributed by atoms with van der Waals surface area (Å²) in [5, 5.41) is 34.5. The van der Waals surface area contributed by atoms with Gasteiger partial charge in [-0.3, -0.25) is 14.4 Å². The maximum Gasteiger partial charge on any atom is 0.326 e. The number of carboxylic acid groups (broad SMARTS) is 3. The molecule has 1 aromatic carbocycles. The number of aliphatic carboxylic acids is 3. The number of nitrogens with one attached hydrogen (secondary N) is 4. The molecule has 0 unspecified atom stereocenters. The lowest BCUT2D eigenvalue weighted by molar-refractivity contribution is -0.142. The van der Waals surface area contributed by atoms with Crippen molar-refractivity contribution < 1.29 is 44.1 Å². The Morgan fingerprint density at radius 2 is 1.26 bits per heavy atom. The molecule has 3 amide bonds. The lowest BCUT2D eigenvalue weighted by Crippen LogP contribution is -2.41. The molecular formula is C28H42N4O9S. The molecule has 42 heavy (non-hydrogen) atoms. The van der Waals surface area contributed by atoms with E-state index in [4.69, 9.17) is 15.3 Å². The van der Waals surface area contributed by atoms with Gasteiger partial charge in [0.2, 0.25) is 17.7 Å². The zero-order valence-electron chi connectivity index (χ0n) is 24.7. The van der Waals surface area contributed by atoms with Crippen molar-refractivity contribution in [2.75, 3.05) is 12.0 Å². The molecule has 1 aromatic heterocycles. The topological polar surface area (TPSA) is 215 Å². The molecule has 2 aromatic rings. The molecular weight excluding hydrogens is 568 g/mol. The van der Waals surface area contributed by atoms with E-state index in [2.05, 4.69) is 20.9 Å². The third-order valence-corrected chi connectivity index (χ3v) is 6.09. The van der Waals surface area contributed by atoms with E-state index < -0.39 is 36.0 Å². The lowest BCUT2D eigenvalue weighted by atomic mass is 10.0. The number of carbonyl (C=O) groups is 6. The normalized spacial score (nSPS) is 12.4. The van der Waals surface area contributed by atoms with E-state index in [0.717, 1.165) is 22.2 Å². The Kier molecular flexibility index (Phi) is 18.0. The Labute approximate surface area is 249 Å². The molecule has 0 saturated heterocycles. The largest absolute Gasteiger partial charge is 0.480 e. The predicted molar refractivity (Wildman–Crippen MR) is 160 cm³/mol. The number of hydrogen-bond donors (Lipinski definition) is 7. The van der Waals surface area contributed by atoms with E-state index in [1.165, 1.54) is 20.8 Å². The summed E-state index contributed by atoms with van der Waals surface area (Å²) in [6, 6.07) is 5.26. The van der Waals surface area contributed by atoms with E-state index in [1.54, 1.807) is 18.0 Å². The van der Waals surface area contributed by atoms with Crippen LogP contribution in [0.5, 0.6) is 0 Å². The summed E-state index contributed by atoms with van der Waals surface area (Å²) in [6.45, 7) is 7.77. The van der Waals surface area contributed by atoms with Crippen LogP contribution in [0.4, 0.5) is 0 Å². The summed E-state index contributed by atoms with van der Waals surface area (Å²) < 4.78 is 0. The summed E-state index contributed by atoms with van der Waals surface area (Å²) in [5.41, 5.74) is 1.84. The molecule has 0 bridgehead atoms. The van der Waals surface area contributed by atoms with Gasteiger partial charge >= 0.3 is 17.9 Å². The van der Waals surface area contributed by atoms with Crippen LogP contribution >= 0.6 is 11.8 Å². The SMILES string of the molecule is CC(=O)N[C@H](CC(C)C)C(=O)O.CC(=O)N[C@H](Cc1c[nH]c2ccccc12)C(=O)O.CSCC[C@@H](NC(C)=O)C(=O)O. The highest BCUT2D eigenvalue weighted by atomic mass is 32.2. The summed E-state index contributed by atoms with van der Waals surface area (Å²) >= 11 is 1.56. The third kappa shape index (κ3) is 16.3.